The molecule has 2 aromatic carbocycles. The molecule has 3 rings (SSSR count). The highest BCUT2D eigenvalue weighted by atomic mass is 16.5. The van der Waals surface area contributed by atoms with Gasteiger partial charge in [0.2, 0.25) is 0 Å². The van der Waals surface area contributed by atoms with E-state index in [0.717, 1.165) is 17.0 Å². The van der Waals surface area contributed by atoms with Crippen molar-refractivity contribution in [3.8, 4) is 11.4 Å². The standard InChI is InChI=1S/C19H21N5O2/c1-4-26-17-9-6-15(7-10-17)19(25)20-12-18-21-22-23-24(18)16-8-5-13(2)14(3)11-16/h5-11H,4,12H2,1-3H3,(H,20,25). The lowest BCUT2D eigenvalue weighted by Gasteiger charge is -2.09. The topological polar surface area (TPSA) is 81.9 Å². The molecule has 0 atom stereocenters. The lowest BCUT2D eigenvalue weighted by atomic mass is 10.1. The van der Waals surface area contributed by atoms with Crippen LogP contribution >= 0.6 is 0 Å². The number of hydrogen-bond donors (Lipinski definition) is 1. The summed E-state index contributed by atoms with van der Waals surface area (Å²) in [5, 5.41) is 14.6. The van der Waals surface area contributed by atoms with Gasteiger partial charge in [0.25, 0.3) is 5.91 Å². The molecule has 0 unspecified atom stereocenters. The van der Waals surface area contributed by atoms with Crippen molar-refractivity contribution in [2.24, 2.45) is 0 Å². The van der Waals surface area contributed by atoms with Crippen molar-refractivity contribution in [1.29, 1.82) is 0 Å². The maximum absolute atomic E-state index is 12.3. The molecule has 134 valence electrons. The molecular formula is C19H21N5O2. The summed E-state index contributed by atoms with van der Waals surface area (Å²) in [6, 6.07) is 13.0. The smallest absolute Gasteiger partial charge is 0.251 e. The lowest BCUT2D eigenvalue weighted by molar-refractivity contribution is 0.0949. The van der Waals surface area contributed by atoms with Gasteiger partial charge in [-0.3, -0.25) is 4.79 Å². The first-order valence-electron chi connectivity index (χ1n) is 8.44. The first-order valence-corrected chi connectivity index (χ1v) is 8.44. The summed E-state index contributed by atoms with van der Waals surface area (Å²) >= 11 is 0. The SMILES string of the molecule is CCOc1ccc(C(=O)NCc2nnnn2-c2ccc(C)c(C)c2)cc1. The lowest BCUT2D eigenvalue weighted by Crippen LogP contribution is -2.24. The highest BCUT2D eigenvalue weighted by Crippen LogP contribution is 2.15. The van der Waals surface area contributed by atoms with Crippen molar-refractivity contribution < 1.29 is 9.53 Å². The van der Waals surface area contributed by atoms with E-state index in [1.165, 1.54) is 5.56 Å². The van der Waals surface area contributed by atoms with Crippen LogP contribution in [0.1, 0.15) is 34.2 Å². The molecule has 1 N–H and O–H groups in total. The Bertz CT molecular complexity index is 903. The van der Waals surface area contributed by atoms with Crippen LogP contribution in [-0.4, -0.2) is 32.7 Å². The van der Waals surface area contributed by atoms with Crippen LogP contribution in [0.4, 0.5) is 0 Å². The van der Waals surface area contributed by atoms with Crippen LogP contribution in [0.5, 0.6) is 5.75 Å². The fourth-order valence-electron chi connectivity index (χ4n) is 2.50. The second-order valence-electron chi connectivity index (χ2n) is 5.92. The maximum Gasteiger partial charge on any atom is 0.251 e. The van der Waals surface area contributed by atoms with Gasteiger partial charge in [0.05, 0.1) is 18.8 Å². The van der Waals surface area contributed by atoms with Crippen LogP contribution in [0.15, 0.2) is 42.5 Å². The quantitative estimate of drug-likeness (QED) is 0.738. The van der Waals surface area contributed by atoms with E-state index in [1.54, 1.807) is 28.9 Å². The van der Waals surface area contributed by atoms with Crippen molar-refractivity contribution in [3.63, 3.8) is 0 Å². The highest BCUT2D eigenvalue weighted by Gasteiger charge is 2.12. The average molecular weight is 351 g/mol. The van der Waals surface area contributed by atoms with Gasteiger partial charge < -0.3 is 10.1 Å². The molecule has 0 bridgehead atoms. The molecule has 1 amide bonds. The predicted molar refractivity (Wildman–Crippen MR) is 97.4 cm³/mol. The zero-order chi connectivity index (χ0) is 18.5. The van der Waals surface area contributed by atoms with E-state index in [4.69, 9.17) is 4.74 Å². The Kier molecular flexibility index (Phi) is 5.26. The number of nitrogens with zero attached hydrogens (tertiary/aromatic N) is 4. The number of aryl methyl sites for hydroxylation is 2. The van der Waals surface area contributed by atoms with E-state index < -0.39 is 0 Å². The number of rotatable bonds is 6. The van der Waals surface area contributed by atoms with Gasteiger partial charge in [-0.1, -0.05) is 6.07 Å². The van der Waals surface area contributed by atoms with Crippen molar-refractivity contribution in [2.45, 2.75) is 27.3 Å². The minimum Gasteiger partial charge on any atom is -0.494 e. The van der Waals surface area contributed by atoms with Gasteiger partial charge in [0.15, 0.2) is 5.82 Å². The predicted octanol–water partition coefficient (Wildman–Crippen LogP) is 2.61. The third kappa shape index (κ3) is 3.88. The van der Waals surface area contributed by atoms with E-state index in [0.29, 0.717) is 18.0 Å². The number of ether oxygens (including phenoxy) is 1. The Morgan fingerprint density at radius 3 is 2.58 bits per heavy atom. The van der Waals surface area contributed by atoms with Crippen molar-refractivity contribution >= 4 is 5.91 Å². The Balaban J connectivity index is 1.69. The minimum atomic E-state index is -0.192. The average Bonchev–Trinajstić information content (AvgIpc) is 3.11. The highest BCUT2D eigenvalue weighted by molar-refractivity contribution is 5.94. The van der Waals surface area contributed by atoms with E-state index >= 15 is 0 Å². The summed E-state index contributed by atoms with van der Waals surface area (Å²) < 4.78 is 7.01. The van der Waals surface area contributed by atoms with E-state index in [1.807, 2.05) is 32.0 Å². The number of carbonyl (C=O) groups excluding carboxylic acids is 1. The van der Waals surface area contributed by atoms with E-state index in [9.17, 15) is 4.79 Å². The van der Waals surface area contributed by atoms with Crippen LogP contribution in [0.25, 0.3) is 5.69 Å². The first-order chi connectivity index (χ1) is 12.6. The van der Waals surface area contributed by atoms with Crippen LogP contribution in [0.2, 0.25) is 0 Å². The molecule has 0 radical (unpaired) electrons. The van der Waals surface area contributed by atoms with Gasteiger partial charge in [0.1, 0.15) is 5.75 Å². The number of carbonyl (C=O) groups is 1. The molecule has 1 aromatic heterocycles. The zero-order valence-corrected chi connectivity index (χ0v) is 15.1. The van der Waals surface area contributed by atoms with E-state index in [-0.39, 0.29) is 12.5 Å². The van der Waals surface area contributed by atoms with Crippen molar-refractivity contribution in [2.75, 3.05) is 6.61 Å². The molecule has 0 aliphatic heterocycles. The molecule has 0 spiro atoms. The van der Waals surface area contributed by atoms with Crippen LogP contribution in [0, 0.1) is 13.8 Å². The first kappa shape index (κ1) is 17.6. The Labute approximate surface area is 152 Å². The summed E-state index contributed by atoms with van der Waals surface area (Å²) in [7, 11) is 0. The maximum atomic E-state index is 12.3. The summed E-state index contributed by atoms with van der Waals surface area (Å²) in [4.78, 5) is 12.3. The zero-order valence-electron chi connectivity index (χ0n) is 15.1. The molecule has 0 saturated carbocycles. The number of nitrogens with one attached hydrogen (secondary N) is 1. The Hall–Kier alpha value is -3.22. The van der Waals surface area contributed by atoms with Gasteiger partial charge in [-0.05, 0) is 78.7 Å². The second-order valence-corrected chi connectivity index (χ2v) is 5.92. The minimum absolute atomic E-state index is 0.192. The third-order valence-electron chi connectivity index (χ3n) is 4.10. The molecule has 3 aromatic rings. The summed E-state index contributed by atoms with van der Waals surface area (Å²) in [6.45, 7) is 6.83. The number of benzene rings is 2. The molecule has 7 nitrogen and oxygen atoms in total. The fraction of sp³-hybridized carbons (Fsp3) is 0.263. The van der Waals surface area contributed by atoms with E-state index in [2.05, 4.69) is 27.8 Å². The number of amides is 1. The number of tetrazole rings is 1. The molecule has 1 heterocycles. The third-order valence-corrected chi connectivity index (χ3v) is 4.10. The summed E-state index contributed by atoms with van der Waals surface area (Å²) in [5.41, 5.74) is 3.77. The fourth-order valence-corrected chi connectivity index (χ4v) is 2.50. The second kappa shape index (κ2) is 7.77. The molecule has 0 fully saturated rings. The Morgan fingerprint density at radius 1 is 1.12 bits per heavy atom. The normalized spacial score (nSPS) is 10.6. The summed E-state index contributed by atoms with van der Waals surface area (Å²) in [6.07, 6.45) is 0. The van der Waals surface area contributed by atoms with Gasteiger partial charge in [-0.15, -0.1) is 5.10 Å². The van der Waals surface area contributed by atoms with Crippen LogP contribution < -0.4 is 10.1 Å². The number of hydrogen-bond acceptors (Lipinski definition) is 5. The van der Waals surface area contributed by atoms with Gasteiger partial charge in [-0.25, -0.2) is 0 Å². The van der Waals surface area contributed by atoms with Crippen molar-refractivity contribution in [1.82, 2.24) is 25.5 Å². The summed E-state index contributed by atoms with van der Waals surface area (Å²) in [5.74, 6) is 1.11. The largest absolute Gasteiger partial charge is 0.494 e. The van der Waals surface area contributed by atoms with Crippen molar-refractivity contribution in [3.05, 3.63) is 65.0 Å². The Morgan fingerprint density at radius 2 is 1.88 bits per heavy atom. The van der Waals surface area contributed by atoms with Gasteiger partial charge >= 0.3 is 0 Å². The molecular weight excluding hydrogens is 330 g/mol. The molecule has 7 heteroatoms. The molecule has 0 saturated heterocycles. The monoisotopic (exact) mass is 351 g/mol. The van der Waals surface area contributed by atoms with Crippen LogP contribution in [0.3, 0.4) is 0 Å². The van der Waals surface area contributed by atoms with Crippen LogP contribution in [-0.2, 0) is 6.54 Å². The van der Waals surface area contributed by atoms with Gasteiger partial charge in [-0.2, -0.15) is 4.68 Å². The van der Waals surface area contributed by atoms with Gasteiger partial charge in [0, 0.05) is 5.56 Å². The molecule has 0 aliphatic carbocycles. The number of aromatic nitrogens is 4. The molecule has 0 aliphatic rings. The molecule has 26 heavy (non-hydrogen) atoms.